The van der Waals surface area contributed by atoms with Gasteiger partial charge in [0.2, 0.25) is 11.8 Å². The smallest absolute Gasteiger partial charge is 0.239 e. The van der Waals surface area contributed by atoms with Gasteiger partial charge in [-0.05, 0) is 6.92 Å². The molecule has 0 saturated carbocycles. The number of hydrogen-bond acceptors (Lipinski definition) is 5. The zero-order chi connectivity index (χ0) is 13.8. The minimum absolute atomic E-state index is 0.0645. The summed E-state index contributed by atoms with van der Waals surface area (Å²) in [6.45, 7) is 6.28. The first-order valence-electron chi connectivity index (χ1n) is 6.73. The van der Waals surface area contributed by atoms with Gasteiger partial charge in [-0.15, -0.1) is 0 Å². The van der Waals surface area contributed by atoms with Gasteiger partial charge < -0.3 is 20.7 Å². The number of primary amides is 1. The van der Waals surface area contributed by atoms with Gasteiger partial charge in [0, 0.05) is 32.7 Å². The van der Waals surface area contributed by atoms with Crippen LogP contribution in [0.1, 0.15) is 6.92 Å². The fraction of sp³-hybridized carbons (Fsp3) is 0.833. The number of rotatable bonds is 3. The lowest BCUT2D eigenvalue weighted by Crippen LogP contribution is -2.60. The predicted molar refractivity (Wildman–Crippen MR) is 69.4 cm³/mol. The lowest BCUT2D eigenvalue weighted by atomic mass is 10.1. The molecule has 0 aromatic carbocycles. The quantitative estimate of drug-likeness (QED) is 0.619. The second-order valence-electron chi connectivity index (χ2n) is 4.98. The van der Waals surface area contributed by atoms with Crippen molar-refractivity contribution in [3.8, 4) is 0 Å². The summed E-state index contributed by atoms with van der Waals surface area (Å²) in [5.41, 5.74) is 5.38. The van der Waals surface area contributed by atoms with Crippen LogP contribution in [0.5, 0.6) is 0 Å². The maximum Gasteiger partial charge on any atom is 0.239 e. The highest BCUT2D eigenvalue weighted by molar-refractivity contribution is 5.84. The molecule has 2 unspecified atom stereocenters. The average molecular weight is 270 g/mol. The van der Waals surface area contributed by atoms with Crippen molar-refractivity contribution < 1.29 is 14.3 Å². The van der Waals surface area contributed by atoms with E-state index in [2.05, 4.69) is 5.32 Å². The molecular weight excluding hydrogens is 248 g/mol. The molecule has 0 bridgehead atoms. The van der Waals surface area contributed by atoms with Crippen molar-refractivity contribution in [1.82, 2.24) is 15.1 Å². The van der Waals surface area contributed by atoms with Crippen molar-refractivity contribution in [1.29, 1.82) is 0 Å². The van der Waals surface area contributed by atoms with Gasteiger partial charge in [-0.3, -0.25) is 14.5 Å². The van der Waals surface area contributed by atoms with E-state index in [0.717, 1.165) is 26.2 Å². The molecule has 19 heavy (non-hydrogen) atoms. The van der Waals surface area contributed by atoms with Gasteiger partial charge in [-0.2, -0.15) is 0 Å². The van der Waals surface area contributed by atoms with Gasteiger partial charge >= 0.3 is 0 Å². The Bertz CT molecular complexity index is 344. The zero-order valence-electron chi connectivity index (χ0n) is 11.3. The van der Waals surface area contributed by atoms with E-state index in [1.807, 2.05) is 16.7 Å². The molecule has 2 heterocycles. The van der Waals surface area contributed by atoms with Crippen molar-refractivity contribution in [2.75, 3.05) is 45.9 Å². The van der Waals surface area contributed by atoms with E-state index in [1.54, 1.807) is 0 Å². The number of hydrogen-bond donors (Lipinski definition) is 2. The SMILES string of the molecule is CC(C(=O)N1CCNCC1)N1CCOCC1C(N)=O. The summed E-state index contributed by atoms with van der Waals surface area (Å²) in [6, 6.07) is -0.838. The van der Waals surface area contributed by atoms with E-state index in [1.165, 1.54) is 0 Å². The third-order valence-electron chi connectivity index (χ3n) is 3.78. The maximum absolute atomic E-state index is 12.4. The zero-order valence-corrected chi connectivity index (χ0v) is 11.3. The fourth-order valence-electron chi connectivity index (χ4n) is 2.62. The van der Waals surface area contributed by atoms with Gasteiger partial charge in [0.05, 0.1) is 19.3 Å². The Balaban J connectivity index is 2.01. The molecule has 0 aromatic heterocycles. The van der Waals surface area contributed by atoms with Gasteiger partial charge in [0.15, 0.2) is 0 Å². The van der Waals surface area contributed by atoms with E-state index in [-0.39, 0.29) is 18.6 Å². The van der Waals surface area contributed by atoms with Crippen LogP contribution in [0.4, 0.5) is 0 Å². The molecule has 7 nitrogen and oxygen atoms in total. The van der Waals surface area contributed by atoms with Crippen LogP contribution in [-0.2, 0) is 14.3 Å². The number of morpholine rings is 1. The molecular formula is C12H22N4O3. The Kier molecular flexibility index (Phi) is 4.73. The molecule has 0 spiro atoms. The molecule has 0 aliphatic carbocycles. The van der Waals surface area contributed by atoms with Crippen LogP contribution in [0.25, 0.3) is 0 Å². The van der Waals surface area contributed by atoms with E-state index in [9.17, 15) is 9.59 Å². The molecule has 2 rings (SSSR count). The summed E-state index contributed by atoms with van der Waals surface area (Å²) in [5.74, 6) is -0.366. The number of ether oxygens (including phenoxy) is 1. The average Bonchev–Trinajstić information content (AvgIpc) is 2.46. The van der Waals surface area contributed by atoms with Crippen molar-refractivity contribution in [3.05, 3.63) is 0 Å². The van der Waals surface area contributed by atoms with E-state index in [0.29, 0.717) is 13.2 Å². The number of amides is 2. The molecule has 2 aliphatic rings. The highest BCUT2D eigenvalue weighted by Crippen LogP contribution is 2.13. The number of nitrogens with one attached hydrogen (secondary N) is 1. The van der Waals surface area contributed by atoms with E-state index >= 15 is 0 Å². The van der Waals surface area contributed by atoms with Crippen molar-refractivity contribution in [2.45, 2.75) is 19.0 Å². The summed E-state index contributed by atoms with van der Waals surface area (Å²) in [7, 11) is 0. The first-order valence-corrected chi connectivity index (χ1v) is 6.73. The van der Waals surface area contributed by atoms with Crippen LogP contribution < -0.4 is 11.1 Å². The standard InChI is InChI=1S/C12H22N4O3/c1-9(12(18)15-4-2-14-3-5-15)16-6-7-19-8-10(16)11(13)17/h9-10,14H,2-8H2,1H3,(H2,13,17). The predicted octanol–water partition coefficient (Wildman–Crippen LogP) is -2.01. The topological polar surface area (TPSA) is 87.9 Å². The number of carbonyl (C=O) groups is 2. The highest BCUT2D eigenvalue weighted by Gasteiger charge is 2.35. The summed E-state index contributed by atoms with van der Waals surface area (Å²) in [6.07, 6.45) is 0. The molecule has 3 N–H and O–H groups in total. The van der Waals surface area contributed by atoms with Gasteiger partial charge in [0.1, 0.15) is 6.04 Å². The largest absolute Gasteiger partial charge is 0.378 e. The molecule has 2 fully saturated rings. The van der Waals surface area contributed by atoms with E-state index in [4.69, 9.17) is 10.5 Å². The first-order chi connectivity index (χ1) is 9.11. The van der Waals surface area contributed by atoms with Crippen LogP contribution in [-0.4, -0.2) is 79.6 Å². The van der Waals surface area contributed by atoms with Crippen LogP contribution in [0.3, 0.4) is 0 Å². The van der Waals surface area contributed by atoms with Crippen molar-refractivity contribution >= 4 is 11.8 Å². The Labute approximate surface area is 113 Å². The molecule has 2 atom stereocenters. The van der Waals surface area contributed by atoms with Crippen molar-refractivity contribution in [3.63, 3.8) is 0 Å². The molecule has 108 valence electrons. The van der Waals surface area contributed by atoms with Gasteiger partial charge in [-0.1, -0.05) is 0 Å². The van der Waals surface area contributed by atoms with Crippen LogP contribution in [0.15, 0.2) is 0 Å². The number of carbonyl (C=O) groups excluding carboxylic acids is 2. The normalized spacial score (nSPS) is 27.0. The van der Waals surface area contributed by atoms with Crippen LogP contribution in [0.2, 0.25) is 0 Å². The molecule has 0 aromatic rings. The summed E-state index contributed by atoms with van der Waals surface area (Å²) >= 11 is 0. The number of piperazine rings is 1. The van der Waals surface area contributed by atoms with Gasteiger partial charge in [0.25, 0.3) is 0 Å². The molecule has 2 saturated heterocycles. The molecule has 7 heteroatoms. The monoisotopic (exact) mass is 270 g/mol. The molecule has 2 amide bonds. The lowest BCUT2D eigenvalue weighted by Gasteiger charge is -2.39. The second-order valence-corrected chi connectivity index (χ2v) is 4.98. The second kappa shape index (κ2) is 6.31. The Morgan fingerprint density at radius 1 is 1.32 bits per heavy atom. The maximum atomic E-state index is 12.4. The van der Waals surface area contributed by atoms with Crippen LogP contribution >= 0.6 is 0 Å². The number of nitrogens with two attached hydrogens (primary N) is 1. The third-order valence-corrected chi connectivity index (χ3v) is 3.78. The molecule has 2 aliphatic heterocycles. The minimum atomic E-state index is -0.504. The summed E-state index contributed by atoms with van der Waals surface area (Å²) in [5, 5.41) is 3.21. The Morgan fingerprint density at radius 2 is 2.00 bits per heavy atom. The third kappa shape index (κ3) is 3.23. The first kappa shape index (κ1) is 14.2. The summed E-state index contributed by atoms with van der Waals surface area (Å²) in [4.78, 5) is 27.6. The highest BCUT2D eigenvalue weighted by atomic mass is 16.5. The Morgan fingerprint density at radius 3 is 2.63 bits per heavy atom. The lowest BCUT2D eigenvalue weighted by molar-refractivity contribution is -0.144. The molecule has 0 radical (unpaired) electrons. The number of nitrogens with zero attached hydrogens (tertiary/aromatic N) is 2. The van der Waals surface area contributed by atoms with E-state index < -0.39 is 11.9 Å². The van der Waals surface area contributed by atoms with Crippen molar-refractivity contribution in [2.24, 2.45) is 5.73 Å². The van der Waals surface area contributed by atoms with Gasteiger partial charge in [-0.25, -0.2) is 0 Å². The van der Waals surface area contributed by atoms with Crippen LogP contribution in [0, 0.1) is 0 Å². The summed E-state index contributed by atoms with van der Waals surface area (Å²) < 4.78 is 5.27. The minimum Gasteiger partial charge on any atom is -0.378 e. The Hall–Kier alpha value is -1.18. The fourth-order valence-corrected chi connectivity index (χ4v) is 2.62.